The largest absolute Gasteiger partial charge is 0.478 e. The average Bonchev–Trinajstić information content (AvgIpc) is 2.29. The molecule has 17 heavy (non-hydrogen) atoms. The summed E-state index contributed by atoms with van der Waals surface area (Å²) in [6.45, 7) is 5.62. The van der Waals surface area contributed by atoms with Crippen LogP contribution in [0.25, 0.3) is 0 Å². The van der Waals surface area contributed by atoms with Gasteiger partial charge in [0.05, 0.1) is 5.56 Å². The van der Waals surface area contributed by atoms with Crippen molar-refractivity contribution in [1.29, 1.82) is 0 Å². The highest BCUT2D eigenvalue weighted by molar-refractivity contribution is 5.92. The van der Waals surface area contributed by atoms with Gasteiger partial charge in [-0.3, -0.25) is 4.79 Å². The summed E-state index contributed by atoms with van der Waals surface area (Å²) in [5.41, 5.74) is 1.83. The number of carboxylic acid groups (broad SMARTS) is 1. The van der Waals surface area contributed by atoms with Gasteiger partial charge < -0.3 is 5.11 Å². The summed E-state index contributed by atoms with van der Waals surface area (Å²) in [5.74, 6) is -0.967. The first-order chi connectivity index (χ1) is 7.95. The van der Waals surface area contributed by atoms with Crippen LogP contribution < -0.4 is 0 Å². The molecule has 0 bridgehead atoms. The number of hydrogen-bond acceptors (Lipinski definition) is 2. The molecule has 1 N–H and O–H groups in total. The van der Waals surface area contributed by atoms with E-state index in [1.54, 1.807) is 12.1 Å². The number of aryl methyl sites for hydroxylation is 1. The Labute approximate surface area is 101 Å². The number of rotatable bonds is 5. The first-order valence-corrected chi connectivity index (χ1v) is 5.83. The summed E-state index contributed by atoms with van der Waals surface area (Å²) in [6, 6.07) is 5.29. The summed E-state index contributed by atoms with van der Waals surface area (Å²) in [4.78, 5) is 22.8. The number of carboxylic acids is 1. The second-order valence-electron chi connectivity index (χ2n) is 4.45. The molecule has 0 fully saturated rings. The molecule has 92 valence electrons. The number of hydrogen-bond donors (Lipinski definition) is 1. The Morgan fingerprint density at radius 3 is 2.41 bits per heavy atom. The molecular weight excluding hydrogens is 216 g/mol. The van der Waals surface area contributed by atoms with Crippen LogP contribution in [0.1, 0.15) is 42.3 Å². The van der Waals surface area contributed by atoms with E-state index in [1.165, 1.54) is 0 Å². The summed E-state index contributed by atoms with van der Waals surface area (Å²) in [5, 5.41) is 9.13. The van der Waals surface area contributed by atoms with Crippen LogP contribution in [0.3, 0.4) is 0 Å². The van der Waals surface area contributed by atoms with Gasteiger partial charge in [-0.1, -0.05) is 32.9 Å². The zero-order valence-electron chi connectivity index (χ0n) is 10.5. The lowest BCUT2D eigenvalue weighted by molar-refractivity contribution is -0.121. The van der Waals surface area contributed by atoms with Crippen molar-refractivity contribution in [2.45, 2.75) is 33.6 Å². The lowest BCUT2D eigenvalue weighted by atomic mass is 9.95. The Morgan fingerprint density at radius 2 is 1.94 bits per heavy atom. The highest BCUT2D eigenvalue weighted by Crippen LogP contribution is 2.15. The van der Waals surface area contributed by atoms with Gasteiger partial charge in [-0.25, -0.2) is 4.79 Å². The van der Waals surface area contributed by atoms with Gasteiger partial charge in [0.15, 0.2) is 0 Å². The highest BCUT2D eigenvalue weighted by Gasteiger charge is 2.15. The second kappa shape index (κ2) is 5.62. The van der Waals surface area contributed by atoms with Crippen molar-refractivity contribution in [3.63, 3.8) is 0 Å². The third-order valence-electron chi connectivity index (χ3n) is 2.82. The molecule has 0 spiro atoms. The minimum atomic E-state index is -0.966. The Bertz CT molecular complexity index is 433. The second-order valence-corrected chi connectivity index (χ2v) is 4.45. The molecule has 0 aliphatic heterocycles. The average molecular weight is 234 g/mol. The predicted octanol–water partition coefficient (Wildman–Crippen LogP) is 2.71. The standard InChI is InChI=1S/C14H18O3/c1-4-10-5-6-11(8-13(15)9(2)3)12(7-10)14(16)17/h5-7,9H,4,8H2,1-3H3,(H,16,17). The number of ketones is 1. The van der Waals surface area contributed by atoms with Crippen molar-refractivity contribution in [3.8, 4) is 0 Å². The summed E-state index contributed by atoms with van der Waals surface area (Å²) < 4.78 is 0. The van der Waals surface area contributed by atoms with E-state index in [2.05, 4.69) is 0 Å². The van der Waals surface area contributed by atoms with Gasteiger partial charge >= 0.3 is 5.97 Å². The summed E-state index contributed by atoms with van der Waals surface area (Å²) in [6.07, 6.45) is 0.988. The van der Waals surface area contributed by atoms with E-state index in [-0.39, 0.29) is 23.7 Å². The van der Waals surface area contributed by atoms with Crippen LogP contribution in [-0.4, -0.2) is 16.9 Å². The molecule has 1 rings (SSSR count). The number of benzene rings is 1. The topological polar surface area (TPSA) is 54.4 Å². The first kappa shape index (κ1) is 13.4. The molecule has 1 aromatic carbocycles. The fraction of sp³-hybridized carbons (Fsp3) is 0.429. The number of carbonyl (C=O) groups is 2. The van der Waals surface area contributed by atoms with E-state index in [0.29, 0.717) is 5.56 Å². The van der Waals surface area contributed by atoms with Crippen molar-refractivity contribution >= 4 is 11.8 Å². The Balaban J connectivity index is 3.06. The summed E-state index contributed by atoms with van der Waals surface area (Å²) in [7, 11) is 0. The number of aromatic carboxylic acids is 1. The van der Waals surface area contributed by atoms with E-state index in [4.69, 9.17) is 5.11 Å². The Kier molecular flexibility index (Phi) is 4.44. The molecule has 0 radical (unpaired) electrons. The van der Waals surface area contributed by atoms with Crippen molar-refractivity contribution in [1.82, 2.24) is 0 Å². The molecule has 0 atom stereocenters. The molecule has 3 heteroatoms. The maximum absolute atomic E-state index is 11.6. The van der Waals surface area contributed by atoms with Crippen LogP contribution in [0.4, 0.5) is 0 Å². The summed E-state index contributed by atoms with van der Waals surface area (Å²) >= 11 is 0. The maximum atomic E-state index is 11.6. The molecule has 0 unspecified atom stereocenters. The van der Waals surface area contributed by atoms with Gasteiger partial charge in [0, 0.05) is 12.3 Å². The molecule has 0 aliphatic carbocycles. The third-order valence-corrected chi connectivity index (χ3v) is 2.82. The first-order valence-electron chi connectivity index (χ1n) is 5.83. The molecule has 0 saturated carbocycles. The van der Waals surface area contributed by atoms with Gasteiger partial charge in [-0.15, -0.1) is 0 Å². The fourth-order valence-corrected chi connectivity index (χ4v) is 1.59. The van der Waals surface area contributed by atoms with Crippen molar-refractivity contribution in [3.05, 3.63) is 34.9 Å². The SMILES string of the molecule is CCc1ccc(CC(=O)C(C)C)c(C(=O)O)c1. The molecular formula is C14H18O3. The zero-order valence-corrected chi connectivity index (χ0v) is 10.5. The van der Waals surface area contributed by atoms with Crippen LogP contribution in [0.15, 0.2) is 18.2 Å². The van der Waals surface area contributed by atoms with Crippen molar-refractivity contribution < 1.29 is 14.7 Å². The lowest BCUT2D eigenvalue weighted by Crippen LogP contribution is -2.13. The van der Waals surface area contributed by atoms with E-state index >= 15 is 0 Å². The molecule has 1 aromatic rings. The number of Topliss-reactive ketones (excluding diaryl/α,β-unsaturated/α-hetero) is 1. The molecule has 0 heterocycles. The van der Waals surface area contributed by atoms with Crippen molar-refractivity contribution in [2.75, 3.05) is 0 Å². The van der Waals surface area contributed by atoms with E-state index in [9.17, 15) is 9.59 Å². The minimum Gasteiger partial charge on any atom is -0.478 e. The monoisotopic (exact) mass is 234 g/mol. The van der Waals surface area contributed by atoms with Gasteiger partial charge in [0.2, 0.25) is 0 Å². The normalized spacial score (nSPS) is 10.6. The maximum Gasteiger partial charge on any atom is 0.335 e. The fourth-order valence-electron chi connectivity index (χ4n) is 1.59. The Hall–Kier alpha value is -1.64. The van der Waals surface area contributed by atoms with E-state index in [1.807, 2.05) is 26.8 Å². The van der Waals surface area contributed by atoms with E-state index < -0.39 is 5.97 Å². The van der Waals surface area contributed by atoms with Gasteiger partial charge in [0.25, 0.3) is 0 Å². The van der Waals surface area contributed by atoms with E-state index in [0.717, 1.165) is 12.0 Å². The number of carbonyl (C=O) groups excluding carboxylic acids is 1. The van der Waals surface area contributed by atoms with Crippen LogP contribution in [-0.2, 0) is 17.6 Å². The zero-order chi connectivity index (χ0) is 13.0. The van der Waals surface area contributed by atoms with Crippen LogP contribution in [0, 0.1) is 5.92 Å². The highest BCUT2D eigenvalue weighted by atomic mass is 16.4. The quantitative estimate of drug-likeness (QED) is 0.852. The predicted molar refractivity (Wildman–Crippen MR) is 66.3 cm³/mol. The van der Waals surface area contributed by atoms with Crippen LogP contribution in [0.2, 0.25) is 0 Å². The Morgan fingerprint density at radius 1 is 1.29 bits per heavy atom. The smallest absolute Gasteiger partial charge is 0.335 e. The molecule has 0 aliphatic rings. The van der Waals surface area contributed by atoms with Crippen molar-refractivity contribution in [2.24, 2.45) is 5.92 Å². The van der Waals surface area contributed by atoms with Gasteiger partial charge in [0.1, 0.15) is 5.78 Å². The van der Waals surface area contributed by atoms with Gasteiger partial charge in [-0.05, 0) is 23.6 Å². The minimum absolute atomic E-state index is 0.0664. The van der Waals surface area contributed by atoms with Crippen LogP contribution in [0.5, 0.6) is 0 Å². The molecule has 3 nitrogen and oxygen atoms in total. The third kappa shape index (κ3) is 3.41. The molecule has 0 amide bonds. The molecule has 0 aromatic heterocycles. The van der Waals surface area contributed by atoms with Gasteiger partial charge in [-0.2, -0.15) is 0 Å². The lowest BCUT2D eigenvalue weighted by Gasteiger charge is -2.09. The molecule has 0 saturated heterocycles. The van der Waals surface area contributed by atoms with Crippen LogP contribution >= 0.6 is 0 Å².